The zero-order valence-electron chi connectivity index (χ0n) is 10.7. The lowest BCUT2D eigenvalue weighted by Crippen LogP contribution is -2.10. The molecule has 1 aromatic carbocycles. The second-order valence-electron chi connectivity index (χ2n) is 4.06. The molecule has 3 nitrogen and oxygen atoms in total. The Morgan fingerprint density at radius 3 is 2.52 bits per heavy atom. The molecular formula is C14H9ClF3NO2. The van der Waals surface area contributed by atoms with Gasteiger partial charge >= 0.3 is 12.1 Å². The molecule has 7 heteroatoms. The second kappa shape index (κ2) is 5.73. The van der Waals surface area contributed by atoms with Gasteiger partial charge in [0, 0.05) is 11.8 Å². The van der Waals surface area contributed by atoms with E-state index in [0.29, 0.717) is 0 Å². The summed E-state index contributed by atoms with van der Waals surface area (Å²) in [5.74, 6) is -0.786. The van der Waals surface area contributed by atoms with Crippen molar-refractivity contribution in [2.45, 2.75) is 6.18 Å². The van der Waals surface area contributed by atoms with Gasteiger partial charge in [-0.05, 0) is 17.7 Å². The average Bonchev–Trinajstić information content (AvgIpc) is 2.45. The van der Waals surface area contributed by atoms with Crippen molar-refractivity contribution in [1.82, 2.24) is 4.98 Å². The first-order valence-electron chi connectivity index (χ1n) is 5.75. The molecule has 1 heterocycles. The van der Waals surface area contributed by atoms with Crippen LogP contribution in [0.3, 0.4) is 0 Å². The molecule has 0 radical (unpaired) electrons. The Balaban J connectivity index is 2.77. The Hall–Kier alpha value is -2.08. The number of nitrogens with zero attached hydrogens (tertiary/aromatic N) is 1. The number of esters is 1. The molecule has 0 bridgehead atoms. The van der Waals surface area contributed by atoms with Crippen molar-refractivity contribution in [3.05, 3.63) is 52.8 Å². The quantitative estimate of drug-likeness (QED) is 0.615. The standard InChI is InChI=1S/C14H9ClF3NO2/c1-21-13(20)9-6-7-19-12(15)11(9)8-4-2-3-5-10(8)14(16,17)18/h2-7H,1H3. The van der Waals surface area contributed by atoms with Crippen molar-refractivity contribution in [3.63, 3.8) is 0 Å². The normalized spacial score (nSPS) is 11.3. The summed E-state index contributed by atoms with van der Waals surface area (Å²) in [7, 11) is 1.14. The number of benzene rings is 1. The SMILES string of the molecule is COC(=O)c1ccnc(Cl)c1-c1ccccc1C(F)(F)F. The molecule has 0 atom stereocenters. The number of halogens is 4. The number of methoxy groups -OCH3 is 1. The summed E-state index contributed by atoms with van der Waals surface area (Å²) < 4.78 is 43.9. The van der Waals surface area contributed by atoms with E-state index in [-0.39, 0.29) is 21.8 Å². The number of pyridine rings is 1. The highest BCUT2D eigenvalue weighted by molar-refractivity contribution is 6.33. The number of alkyl halides is 3. The lowest BCUT2D eigenvalue weighted by atomic mass is 9.97. The molecule has 110 valence electrons. The summed E-state index contributed by atoms with van der Waals surface area (Å²) in [6.45, 7) is 0. The second-order valence-corrected chi connectivity index (χ2v) is 4.42. The van der Waals surface area contributed by atoms with E-state index in [1.165, 1.54) is 30.5 Å². The fraction of sp³-hybridized carbons (Fsp3) is 0.143. The van der Waals surface area contributed by atoms with Gasteiger partial charge in [0.1, 0.15) is 5.15 Å². The van der Waals surface area contributed by atoms with Crippen LogP contribution in [-0.2, 0) is 10.9 Å². The van der Waals surface area contributed by atoms with E-state index < -0.39 is 17.7 Å². The minimum atomic E-state index is -4.58. The van der Waals surface area contributed by atoms with Crippen molar-refractivity contribution in [3.8, 4) is 11.1 Å². The van der Waals surface area contributed by atoms with Crippen molar-refractivity contribution < 1.29 is 22.7 Å². The highest BCUT2D eigenvalue weighted by atomic mass is 35.5. The molecule has 21 heavy (non-hydrogen) atoms. The van der Waals surface area contributed by atoms with Crippen LogP contribution < -0.4 is 0 Å². The van der Waals surface area contributed by atoms with Gasteiger partial charge in [-0.3, -0.25) is 0 Å². The Morgan fingerprint density at radius 1 is 1.24 bits per heavy atom. The highest BCUT2D eigenvalue weighted by Gasteiger charge is 2.35. The Morgan fingerprint density at radius 2 is 1.90 bits per heavy atom. The molecule has 0 aliphatic carbocycles. The summed E-state index contributed by atoms with van der Waals surface area (Å²) in [4.78, 5) is 15.5. The van der Waals surface area contributed by atoms with E-state index in [9.17, 15) is 18.0 Å². The van der Waals surface area contributed by atoms with Gasteiger partial charge in [-0.1, -0.05) is 29.8 Å². The van der Waals surface area contributed by atoms with Crippen LogP contribution in [0.1, 0.15) is 15.9 Å². The number of hydrogen-bond acceptors (Lipinski definition) is 3. The summed E-state index contributed by atoms with van der Waals surface area (Å²) in [6.07, 6.45) is -3.35. The third-order valence-electron chi connectivity index (χ3n) is 2.81. The lowest BCUT2D eigenvalue weighted by molar-refractivity contribution is -0.137. The van der Waals surface area contributed by atoms with Gasteiger partial charge in [-0.15, -0.1) is 0 Å². The lowest BCUT2D eigenvalue weighted by Gasteiger charge is -2.15. The molecule has 0 saturated heterocycles. The van der Waals surface area contributed by atoms with E-state index in [4.69, 9.17) is 11.6 Å². The monoisotopic (exact) mass is 315 g/mol. The Kier molecular flexibility index (Phi) is 4.18. The van der Waals surface area contributed by atoms with Gasteiger partial charge in [0.2, 0.25) is 0 Å². The summed E-state index contributed by atoms with van der Waals surface area (Å²) in [5.41, 5.74) is -1.29. The number of rotatable bonds is 2. The molecular weight excluding hydrogens is 307 g/mol. The van der Waals surface area contributed by atoms with Gasteiger partial charge in [-0.25, -0.2) is 9.78 Å². The van der Waals surface area contributed by atoms with Crippen LogP contribution in [0.25, 0.3) is 11.1 Å². The van der Waals surface area contributed by atoms with Gasteiger partial charge < -0.3 is 4.74 Å². The molecule has 0 fully saturated rings. The summed E-state index contributed by atoms with van der Waals surface area (Å²) in [5, 5.41) is -0.199. The average molecular weight is 316 g/mol. The topological polar surface area (TPSA) is 39.2 Å². The number of ether oxygens (including phenoxy) is 1. The zero-order chi connectivity index (χ0) is 15.6. The van der Waals surface area contributed by atoms with E-state index >= 15 is 0 Å². The minimum Gasteiger partial charge on any atom is -0.465 e. The summed E-state index contributed by atoms with van der Waals surface area (Å²) >= 11 is 5.90. The molecule has 2 aromatic rings. The molecule has 0 aliphatic rings. The van der Waals surface area contributed by atoms with Gasteiger partial charge in [-0.2, -0.15) is 13.2 Å². The molecule has 0 N–H and O–H groups in total. The maximum Gasteiger partial charge on any atom is 0.417 e. The summed E-state index contributed by atoms with van der Waals surface area (Å²) in [6, 6.07) is 6.10. The predicted molar refractivity (Wildman–Crippen MR) is 71.0 cm³/mol. The van der Waals surface area contributed by atoms with Gasteiger partial charge in [0.25, 0.3) is 0 Å². The molecule has 0 saturated carbocycles. The molecule has 0 aliphatic heterocycles. The third kappa shape index (κ3) is 3.00. The van der Waals surface area contributed by atoms with Gasteiger partial charge in [0.05, 0.1) is 18.2 Å². The first-order chi connectivity index (χ1) is 9.86. The highest BCUT2D eigenvalue weighted by Crippen LogP contribution is 2.40. The van der Waals surface area contributed by atoms with Crippen molar-refractivity contribution in [2.75, 3.05) is 7.11 Å². The third-order valence-corrected chi connectivity index (χ3v) is 3.10. The van der Waals surface area contributed by atoms with E-state index in [0.717, 1.165) is 13.2 Å². The van der Waals surface area contributed by atoms with Gasteiger partial charge in [0.15, 0.2) is 0 Å². The fourth-order valence-corrected chi connectivity index (χ4v) is 2.18. The number of aromatic nitrogens is 1. The van der Waals surface area contributed by atoms with Crippen molar-refractivity contribution in [2.24, 2.45) is 0 Å². The van der Waals surface area contributed by atoms with E-state index in [1.807, 2.05) is 0 Å². The van der Waals surface area contributed by atoms with Crippen LogP contribution >= 0.6 is 11.6 Å². The Labute approximate surface area is 123 Å². The van der Waals surface area contributed by atoms with Crippen LogP contribution in [0, 0.1) is 0 Å². The molecule has 0 spiro atoms. The van der Waals surface area contributed by atoms with Crippen molar-refractivity contribution in [1.29, 1.82) is 0 Å². The van der Waals surface area contributed by atoms with E-state index in [2.05, 4.69) is 9.72 Å². The Bertz CT molecular complexity index is 686. The van der Waals surface area contributed by atoms with Crippen LogP contribution in [0.4, 0.5) is 13.2 Å². The van der Waals surface area contributed by atoms with Crippen LogP contribution in [0.15, 0.2) is 36.5 Å². The first-order valence-corrected chi connectivity index (χ1v) is 6.13. The predicted octanol–water partition coefficient (Wildman–Crippen LogP) is 4.21. The number of carbonyl (C=O) groups excluding carboxylic acids is 1. The number of hydrogen-bond donors (Lipinski definition) is 0. The minimum absolute atomic E-state index is 0.0748. The van der Waals surface area contributed by atoms with E-state index in [1.54, 1.807) is 0 Å². The largest absolute Gasteiger partial charge is 0.465 e. The zero-order valence-corrected chi connectivity index (χ0v) is 11.5. The maximum absolute atomic E-state index is 13.1. The molecule has 0 amide bonds. The first kappa shape index (κ1) is 15.3. The molecule has 0 unspecified atom stereocenters. The smallest absolute Gasteiger partial charge is 0.417 e. The van der Waals surface area contributed by atoms with Crippen molar-refractivity contribution >= 4 is 17.6 Å². The molecule has 2 rings (SSSR count). The fourth-order valence-electron chi connectivity index (χ4n) is 1.92. The molecule has 1 aromatic heterocycles. The number of carbonyl (C=O) groups is 1. The van der Waals surface area contributed by atoms with Crippen LogP contribution in [0.2, 0.25) is 5.15 Å². The van der Waals surface area contributed by atoms with Crippen LogP contribution in [-0.4, -0.2) is 18.1 Å². The maximum atomic E-state index is 13.1. The van der Waals surface area contributed by atoms with Crippen LogP contribution in [0.5, 0.6) is 0 Å².